The van der Waals surface area contributed by atoms with E-state index in [0.29, 0.717) is 60.3 Å². The highest BCUT2D eigenvalue weighted by molar-refractivity contribution is 6.03. The minimum Gasteiger partial charge on any atom is -0.381 e. The van der Waals surface area contributed by atoms with Crippen LogP contribution in [0.1, 0.15) is 74.1 Å². The van der Waals surface area contributed by atoms with Crippen LogP contribution in [0.4, 0.5) is 8.78 Å². The van der Waals surface area contributed by atoms with Gasteiger partial charge in [0.1, 0.15) is 17.2 Å². The number of methoxy groups -OCH3 is 1. The molecule has 0 saturated carbocycles. The fourth-order valence-corrected chi connectivity index (χ4v) is 7.70. The minimum absolute atomic E-state index is 0.143. The Morgan fingerprint density at radius 1 is 1.11 bits per heavy atom. The number of piperidine rings is 1. The van der Waals surface area contributed by atoms with Gasteiger partial charge in [0.2, 0.25) is 5.95 Å². The monoisotopic (exact) mass is 637 g/mol. The zero-order valence-corrected chi connectivity index (χ0v) is 28.0. The Bertz CT molecular complexity index is 1530. The van der Waals surface area contributed by atoms with Gasteiger partial charge >= 0.3 is 0 Å². The number of carbonyl (C=O) groups excluding carboxylic acids is 1. The van der Waals surface area contributed by atoms with Crippen molar-refractivity contribution >= 4 is 11.4 Å². The molecule has 8 nitrogen and oxygen atoms in total. The number of aromatic nitrogens is 2. The summed E-state index contributed by atoms with van der Waals surface area (Å²) >= 11 is 0. The van der Waals surface area contributed by atoms with Gasteiger partial charge in [-0.15, -0.1) is 0 Å². The second kappa shape index (κ2) is 14.1. The van der Waals surface area contributed by atoms with Crippen LogP contribution in [0.15, 0.2) is 30.5 Å². The molecule has 0 unspecified atom stereocenters. The molecule has 6 rings (SSSR count). The molecule has 250 valence electrons. The number of rotatable bonds is 10. The SMILES string of the molecule is COC1CCN(CCC[C@H](C(C)C)N2CC(c3cc(-c4ccc(F)cc4C(=O)N4CCOC[C@H]4C)c4c(F)nc(C)n4c3)C2)CC1. The van der Waals surface area contributed by atoms with E-state index in [4.69, 9.17) is 9.47 Å². The van der Waals surface area contributed by atoms with Crippen LogP contribution in [0.25, 0.3) is 16.6 Å². The second-order valence-electron chi connectivity index (χ2n) is 13.8. The van der Waals surface area contributed by atoms with Crippen LogP contribution in [-0.4, -0.2) is 108 Å². The molecule has 0 bridgehead atoms. The third-order valence-electron chi connectivity index (χ3n) is 10.5. The van der Waals surface area contributed by atoms with Crippen LogP contribution in [-0.2, 0) is 9.47 Å². The van der Waals surface area contributed by atoms with E-state index >= 15 is 4.39 Å². The number of nitrogens with zero attached hydrogens (tertiary/aromatic N) is 5. The first-order valence-corrected chi connectivity index (χ1v) is 17.0. The first-order valence-electron chi connectivity index (χ1n) is 17.0. The summed E-state index contributed by atoms with van der Waals surface area (Å²) in [4.78, 5) is 24.9. The number of benzene rings is 1. The summed E-state index contributed by atoms with van der Waals surface area (Å²) in [6.45, 7) is 14.8. The second-order valence-corrected chi connectivity index (χ2v) is 13.8. The Balaban J connectivity index is 1.23. The van der Waals surface area contributed by atoms with Crippen molar-refractivity contribution in [3.8, 4) is 11.1 Å². The van der Waals surface area contributed by atoms with Crippen LogP contribution in [0.3, 0.4) is 0 Å². The molecule has 1 aromatic carbocycles. The molecule has 3 aliphatic rings. The number of morpholine rings is 1. The van der Waals surface area contributed by atoms with Gasteiger partial charge in [-0.2, -0.15) is 4.39 Å². The molecule has 3 fully saturated rings. The molecule has 0 aliphatic carbocycles. The summed E-state index contributed by atoms with van der Waals surface area (Å²) in [5, 5.41) is 0. The first kappa shape index (κ1) is 33.0. The molecule has 5 heterocycles. The predicted molar refractivity (Wildman–Crippen MR) is 175 cm³/mol. The molecule has 2 atom stereocenters. The summed E-state index contributed by atoms with van der Waals surface area (Å²) in [5.41, 5.74) is 2.69. The average Bonchev–Trinajstić information content (AvgIpc) is 3.32. The highest BCUT2D eigenvalue weighted by atomic mass is 19.1. The predicted octanol–water partition coefficient (Wildman–Crippen LogP) is 5.76. The molecule has 3 saturated heterocycles. The number of carbonyl (C=O) groups is 1. The van der Waals surface area contributed by atoms with Crippen molar-refractivity contribution in [2.75, 3.05) is 59.6 Å². The molecule has 3 aliphatic heterocycles. The maximum Gasteiger partial charge on any atom is 0.254 e. The highest BCUT2D eigenvalue weighted by Gasteiger charge is 2.36. The molecular formula is C36H49F2N5O3. The summed E-state index contributed by atoms with van der Waals surface area (Å²) in [7, 11) is 1.82. The van der Waals surface area contributed by atoms with Crippen LogP contribution < -0.4 is 0 Å². The fraction of sp³-hybridized carbons (Fsp3) is 0.611. The van der Waals surface area contributed by atoms with Gasteiger partial charge in [0.15, 0.2) is 0 Å². The molecule has 0 radical (unpaired) electrons. The largest absolute Gasteiger partial charge is 0.381 e. The fourth-order valence-electron chi connectivity index (χ4n) is 7.70. The molecule has 0 N–H and O–H groups in total. The van der Waals surface area contributed by atoms with Crippen molar-refractivity contribution in [2.45, 2.75) is 77.5 Å². The maximum atomic E-state index is 15.4. The van der Waals surface area contributed by atoms with Gasteiger partial charge < -0.3 is 23.7 Å². The maximum absolute atomic E-state index is 15.4. The van der Waals surface area contributed by atoms with E-state index in [1.807, 2.05) is 26.3 Å². The Hall–Kier alpha value is -2.92. The van der Waals surface area contributed by atoms with Crippen LogP contribution >= 0.6 is 0 Å². The number of aryl methyl sites for hydroxylation is 1. The number of pyridine rings is 1. The van der Waals surface area contributed by atoms with Crippen molar-refractivity contribution in [1.82, 2.24) is 24.1 Å². The number of ether oxygens (including phenoxy) is 2. The number of imidazole rings is 1. The minimum atomic E-state index is -0.594. The number of hydrogen-bond donors (Lipinski definition) is 0. The normalized spacial score (nSPS) is 21.3. The lowest BCUT2D eigenvalue weighted by Gasteiger charge is -2.46. The number of halogens is 2. The highest BCUT2D eigenvalue weighted by Crippen LogP contribution is 2.38. The number of fused-ring (bicyclic) bond motifs is 1. The van der Waals surface area contributed by atoms with Crippen molar-refractivity contribution in [2.24, 2.45) is 5.92 Å². The quantitative estimate of drug-likeness (QED) is 0.282. The lowest BCUT2D eigenvalue weighted by atomic mass is 9.85. The molecule has 10 heteroatoms. The summed E-state index contributed by atoms with van der Waals surface area (Å²) in [6.07, 6.45) is 6.97. The first-order chi connectivity index (χ1) is 22.1. The van der Waals surface area contributed by atoms with Crippen LogP contribution in [0.5, 0.6) is 0 Å². The lowest BCUT2D eigenvalue weighted by Crippen LogP contribution is -2.52. The zero-order valence-electron chi connectivity index (χ0n) is 28.0. The molecule has 46 heavy (non-hydrogen) atoms. The van der Waals surface area contributed by atoms with E-state index in [-0.39, 0.29) is 23.4 Å². The molecule has 2 aromatic heterocycles. The van der Waals surface area contributed by atoms with Gasteiger partial charge in [0.25, 0.3) is 5.91 Å². The summed E-state index contributed by atoms with van der Waals surface area (Å²) in [6, 6.07) is 6.59. The van der Waals surface area contributed by atoms with E-state index in [0.717, 1.165) is 57.5 Å². The van der Waals surface area contributed by atoms with E-state index in [2.05, 4.69) is 28.6 Å². The lowest BCUT2D eigenvalue weighted by molar-refractivity contribution is 0.00361. The average molecular weight is 638 g/mol. The topological polar surface area (TPSA) is 62.5 Å². The molecule has 3 aromatic rings. The molecular weight excluding hydrogens is 588 g/mol. The van der Waals surface area contributed by atoms with Crippen molar-refractivity contribution in [3.05, 3.63) is 59.2 Å². The van der Waals surface area contributed by atoms with E-state index in [1.54, 1.807) is 22.3 Å². The smallest absolute Gasteiger partial charge is 0.254 e. The number of amides is 1. The van der Waals surface area contributed by atoms with Gasteiger partial charge in [-0.1, -0.05) is 19.9 Å². The van der Waals surface area contributed by atoms with Crippen molar-refractivity contribution in [3.63, 3.8) is 0 Å². The van der Waals surface area contributed by atoms with Gasteiger partial charge in [-0.05, 0) is 81.3 Å². The molecule has 1 amide bonds. The Morgan fingerprint density at radius 3 is 2.57 bits per heavy atom. The van der Waals surface area contributed by atoms with Crippen molar-refractivity contribution < 1.29 is 23.0 Å². The number of likely N-dealkylation sites (tertiary alicyclic amines) is 2. The van der Waals surface area contributed by atoms with Crippen LogP contribution in [0.2, 0.25) is 0 Å². The Kier molecular flexibility index (Phi) is 10.1. The van der Waals surface area contributed by atoms with Gasteiger partial charge in [-0.25, -0.2) is 9.37 Å². The standard InChI is InChI=1S/C36H49F2N5O3/c1-23(2)33(7-6-12-40-13-10-29(45-5)11-14-40)41-19-27(20-41)26-17-31(34-35(38)39-25(4)43(34)21-26)30-9-8-28(37)18-32(30)36(44)42-15-16-46-22-24(42)3/h8-9,17-18,21,23-24,27,29,33H,6-7,10-16,19-20,22H2,1-5H3/t24-,33-/m1/s1. The van der Waals surface area contributed by atoms with E-state index in [9.17, 15) is 9.18 Å². The summed E-state index contributed by atoms with van der Waals surface area (Å²) in [5.74, 6) is -0.0247. The number of hydrogen-bond acceptors (Lipinski definition) is 6. The van der Waals surface area contributed by atoms with Gasteiger partial charge in [0, 0.05) is 63.6 Å². The van der Waals surface area contributed by atoms with E-state index in [1.165, 1.54) is 18.6 Å². The van der Waals surface area contributed by atoms with E-state index < -0.39 is 11.8 Å². The van der Waals surface area contributed by atoms with Gasteiger partial charge in [-0.3, -0.25) is 9.69 Å². The third kappa shape index (κ3) is 6.72. The Labute approximate surface area is 271 Å². The van der Waals surface area contributed by atoms with Gasteiger partial charge in [0.05, 0.1) is 30.9 Å². The third-order valence-corrected chi connectivity index (χ3v) is 10.5. The zero-order chi connectivity index (χ0) is 32.5. The van der Waals surface area contributed by atoms with Crippen molar-refractivity contribution in [1.29, 1.82) is 0 Å². The molecule has 0 spiro atoms. The Morgan fingerprint density at radius 2 is 1.87 bits per heavy atom. The van der Waals surface area contributed by atoms with Crippen LogP contribution in [0, 0.1) is 24.6 Å². The summed E-state index contributed by atoms with van der Waals surface area (Å²) < 4.78 is 42.9.